The lowest BCUT2D eigenvalue weighted by Gasteiger charge is -2.32. The predicted molar refractivity (Wildman–Crippen MR) is 80.7 cm³/mol. The quantitative estimate of drug-likeness (QED) is 0.892. The topological polar surface area (TPSA) is 58.4 Å². The standard InChI is InChI=1S/C14H22BrN3O2/c1-3-10-13(15)12(18(4-2)16-10)9-17-8-6-5-7-11(17)14(19)20/h11H,3-9H2,1-2H3,(H,19,20). The summed E-state index contributed by atoms with van der Waals surface area (Å²) in [4.78, 5) is 13.4. The predicted octanol–water partition coefficient (Wildman–Crippen LogP) is 2.67. The van der Waals surface area contributed by atoms with Crippen LogP contribution >= 0.6 is 15.9 Å². The van der Waals surface area contributed by atoms with Crippen molar-refractivity contribution in [2.45, 2.75) is 58.7 Å². The fourth-order valence-corrected chi connectivity index (χ4v) is 3.51. The molecule has 0 saturated carbocycles. The Labute approximate surface area is 128 Å². The Kier molecular flexibility index (Phi) is 5.21. The number of likely N-dealkylation sites (tertiary alicyclic amines) is 1. The molecule has 0 aromatic carbocycles. The van der Waals surface area contributed by atoms with Crippen LogP contribution in [0, 0.1) is 0 Å². The molecule has 112 valence electrons. The number of aryl methyl sites for hydroxylation is 2. The van der Waals surface area contributed by atoms with Gasteiger partial charge in [0.15, 0.2) is 0 Å². The number of aliphatic carboxylic acids is 1. The van der Waals surface area contributed by atoms with E-state index in [1.54, 1.807) is 0 Å². The average molecular weight is 344 g/mol. The van der Waals surface area contributed by atoms with Crippen LogP contribution in [0.5, 0.6) is 0 Å². The van der Waals surface area contributed by atoms with Crippen LogP contribution in [0.15, 0.2) is 4.47 Å². The molecule has 0 aliphatic carbocycles. The molecule has 1 aromatic rings. The maximum absolute atomic E-state index is 11.4. The second-order valence-electron chi connectivity index (χ2n) is 5.20. The van der Waals surface area contributed by atoms with E-state index in [2.05, 4.69) is 39.8 Å². The van der Waals surface area contributed by atoms with Crippen molar-refractivity contribution in [3.05, 3.63) is 15.9 Å². The summed E-state index contributed by atoms with van der Waals surface area (Å²) in [5, 5.41) is 13.9. The highest BCUT2D eigenvalue weighted by Crippen LogP contribution is 2.26. The van der Waals surface area contributed by atoms with Gasteiger partial charge in [0.1, 0.15) is 6.04 Å². The highest BCUT2D eigenvalue weighted by Gasteiger charge is 2.30. The zero-order valence-corrected chi connectivity index (χ0v) is 13.7. The lowest BCUT2D eigenvalue weighted by molar-refractivity contribution is -0.144. The molecule has 0 spiro atoms. The second kappa shape index (κ2) is 6.72. The van der Waals surface area contributed by atoms with E-state index in [0.717, 1.165) is 54.6 Å². The van der Waals surface area contributed by atoms with Crippen LogP contribution in [-0.4, -0.2) is 38.3 Å². The normalized spacial score (nSPS) is 20.2. The fraction of sp³-hybridized carbons (Fsp3) is 0.714. The minimum atomic E-state index is -0.709. The summed E-state index contributed by atoms with van der Waals surface area (Å²) in [7, 11) is 0. The highest BCUT2D eigenvalue weighted by molar-refractivity contribution is 9.10. The number of hydrogen-bond donors (Lipinski definition) is 1. The first-order valence-corrected chi connectivity index (χ1v) is 8.08. The smallest absolute Gasteiger partial charge is 0.320 e. The molecule has 2 rings (SSSR count). The van der Waals surface area contributed by atoms with Gasteiger partial charge in [-0.1, -0.05) is 13.3 Å². The highest BCUT2D eigenvalue weighted by atomic mass is 79.9. The number of hydrogen-bond acceptors (Lipinski definition) is 3. The van der Waals surface area contributed by atoms with Gasteiger partial charge >= 0.3 is 5.97 Å². The maximum atomic E-state index is 11.4. The van der Waals surface area contributed by atoms with Crippen molar-refractivity contribution in [1.82, 2.24) is 14.7 Å². The van der Waals surface area contributed by atoms with Gasteiger partial charge in [-0.05, 0) is 48.7 Å². The number of halogens is 1. The lowest BCUT2D eigenvalue weighted by Crippen LogP contribution is -2.44. The molecule has 1 aliphatic rings. The van der Waals surface area contributed by atoms with Crippen LogP contribution in [0.4, 0.5) is 0 Å². The third-order valence-electron chi connectivity index (χ3n) is 3.95. The Morgan fingerprint density at radius 3 is 2.80 bits per heavy atom. The summed E-state index contributed by atoms with van der Waals surface area (Å²) in [5.74, 6) is -0.709. The van der Waals surface area contributed by atoms with E-state index < -0.39 is 5.97 Å². The second-order valence-corrected chi connectivity index (χ2v) is 5.99. The first-order chi connectivity index (χ1) is 9.58. The van der Waals surface area contributed by atoms with Crippen LogP contribution in [-0.2, 0) is 24.3 Å². The average Bonchev–Trinajstić information content (AvgIpc) is 2.75. The Balaban J connectivity index is 2.23. The van der Waals surface area contributed by atoms with E-state index in [1.165, 1.54) is 0 Å². The van der Waals surface area contributed by atoms with Crippen LogP contribution in [0.3, 0.4) is 0 Å². The molecule has 0 bridgehead atoms. The van der Waals surface area contributed by atoms with E-state index in [9.17, 15) is 9.90 Å². The van der Waals surface area contributed by atoms with Gasteiger partial charge in [0.05, 0.1) is 15.9 Å². The molecule has 20 heavy (non-hydrogen) atoms. The Morgan fingerprint density at radius 2 is 2.20 bits per heavy atom. The molecule has 1 aromatic heterocycles. The van der Waals surface area contributed by atoms with Crippen molar-refractivity contribution >= 4 is 21.9 Å². The Morgan fingerprint density at radius 1 is 1.45 bits per heavy atom. The number of piperidine rings is 1. The Bertz CT molecular complexity index is 487. The van der Waals surface area contributed by atoms with Gasteiger partial charge in [0.25, 0.3) is 0 Å². The molecular weight excluding hydrogens is 322 g/mol. The number of carboxylic acids is 1. The van der Waals surface area contributed by atoms with Crippen molar-refractivity contribution < 1.29 is 9.90 Å². The van der Waals surface area contributed by atoms with E-state index in [1.807, 2.05) is 4.68 Å². The number of rotatable bonds is 5. The fourth-order valence-electron chi connectivity index (χ4n) is 2.82. The van der Waals surface area contributed by atoms with Crippen molar-refractivity contribution in [2.24, 2.45) is 0 Å². The van der Waals surface area contributed by atoms with Crippen LogP contribution in [0.25, 0.3) is 0 Å². The van der Waals surface area contributed by atoms with Crippen molar-refractivity contribution in [1.29, 1.82) is 0 Å². The molecule has 2 heterocycles. The summed E-state index contributed by atoms with van der Waals surface area (Å²) in [6.07, 6.45) is 3.70. The van der Waals surface area contributed by atoms with Gasteiger partial charge in [-0.2, -0.15) is 5.10 Å². The molecule has 1 N–H and O–H groups in total. The zero-order valence-electron chi connectivity index (χ0n) is 12.1. The van der Waals surface area contributed by atoms with E-state index in [0.29, 0.717) is 6.54 Å². The SMILES string of the molecule is CCc1nn(CC)c(CN2CCCCC2C(=O)O)c1Br. The summed E-state index contributed by atoms with van der Waals surface area (Å²) in [6.45, 7) is 6.45. The molecule has 1 unspecified atom stereocenters. The minimum absolute atomic E-state index is 0.360. The summed E-state index contributed by atoms with van der Waals surface area (Å²) < 4.78 is 3.02. The number of aromatic nitrogens is 2. The third-order valence-corrected chi connectivity index (χ3v) is 4.86. The van der Waals surface area contributed by atoms with Crippen molar-refractivity contribution in [3.8, 4) is 0 Å². The monoisotopic (exact) mass is 343 g/mol. The van der Waals surface area contributed by atoms with Gasteiger partial charge in [0, 0.05) is 13.1 Å². The van der Waals surface area contributed by atoms with E-state index >= 15 is 0 Å². The largest absolute Gasteiger partial charge is 0.480 e. The van der Waals surface area contributed by atoms with Gasteiger partial charge < -0.3 is 5.11 Å². The van der Waals surface area contributed by atoms with Gasteiger partial charge in [-0.25, -0.2) is 0 Å². The summed E-state index contributed by atoms with van der Waals surface area (Å²) in [5.41, 5.74) is 2.14. The molecule has 0 amide bonds. The summed E-state index contributed by atoms with van der Waals surface area (Å²) >= 11 is 3.63. The lowest BCUT2D eigenvalue weighted by atomic mass is 10.0. The first-order valence-electron chi connectivity index (χ1n) is 7.29. The van der Waals surface area contributed by atoms with Gasteiger partial charge in [0.2, 0.25) is 0 Å². The molecule has 0 radical (unpaired) electrons. The van der Waals surface area contributed by atoms with Crippen LogP contribution in [0.2, 0.25) is 0 Å². The first kappa shape index (κ1) is 15.5. The molecule has 1 saturated heterocycles. The zero-order chi connectivity index (χ0) is 14.7. The minimum Gasteiger partial charge on any atom is -0.480 e. The molecule has 1 aliphatic heterocycles. The molecular formula is C14H22BrN3O2. The number of carboxylic acid groups (broad SMARTS) is 1. The summed E-state index contributed by atoms with van der Waals surface area (Å²) in [6, 6.07) is -0.360. The Hall–Kier alpha value is -0.880. The number of carbonyl (C=O) groups is 1. The number of nitrogens with zero attached hydrogens (tertiary/aromatic N) is 3. The van der Waals surface area contributed by atoms with Crippen LogP contribution in [0.1, 0.15) is 44.5 Å². The molecule has 1 fully saturated rings. The molecule has 1 atom stereocenters. The van der Waals surface area contributed by atoms with Crippen molar-refractivity contribution in [3.63, 3.8) is 0 Å². The van der Waals surface area contributed by atoms with Crippen LogP contribution < -0.4 is 0 Å². The van der Waals surface area contributed by atoms with Gasteiger partial charge in [-0.15, -0.1) is 0 Å². The van der Waals surface area contributed by atoms with E-state index in [-0.39, 0.29) is 6.04 Å². The van der Waals surface area contributed by atoms with Crippen molar-refractivity contribution in [2.75, 3.05) is 6.54 Å². The van der Waals surface area contributed by atoms with E-state index in [4.69, 9.17) is 0 Å². The van der Waals surface area contributed by atoms with Gasteiger partial charge in [-0.3, -0.25) is 14.4 Å². The third kappa shape index (κ3) is 3.06. The molecule has 5 nitrogen and oxygen atoms in total. The maximum Gasteiger partial charge on any atom is 0.320 e. The molecule has 6 heteroatoms.